The fourth-order valence-corrected chi connectivity index (χ4v) is 6.09. The van der Waals surface area contributed by atoms with Gasteiger partial charge in [0.15, 0.2) is 5.82 Å². The molecule has 184 valence electrons. The number of hydrogen-bond donors (Lipinski definition) is 2. The molecule has 4 aliphatic rings. The molecule has 37 heavy (non-hydrogen) atoms. The molecule has 3 heterocycles. The van der Waals surface area contributed by atoms with E-state index in [9.17, 15) is 4.79 Å². The highest BCUT2D eigenvalue weighted by molar-refractivity contribution is 6.01. The van der Waals surface area contributed by atoms with E-state index in [4.69, 9.17) is 15.1 Å². The largest absolute Gasteiger partial charge is 0.342 e. The molecular formula is C30H28N6O. The Morgan fingerprint density at radius 3 is 2.51 bits per heavy atom. The number of nitrogens with one attached hydrogen (secondary N) is 2. The van der Waals surface area contributed by atoms with Crippen molar-refractivity contribution in [2.24, 2.45) is 5.92 Å². The standard InChI is InChI=1S/C30H28N6O/c1-3-36-28(32-21-6-8-23-24(13-21)30(10-11-30)34-27(23)37)33-26(35-36)18-4-7-22(17(2)12-18)19-5-9-25(31-16-19)29-14-20(29)15-29/h4-9,12-13,16,20H,3,10-11,14-15H2,1-2H3,(H,34,37)(H,32,33,35). The molecule has 3 aliphatic carbocycles. The average molecular weight is 489 g/mol. The fourth-order valence-electron chi connectivity index (χ4n) is 6.09. The molecule has 0 bridgehead atoms. The van der Waals surface area contributed by atoms with Crippen LogP contribution in [0.2, 0.25) is 0 Å². The lowest BCUT2D eigenvalue weighted by Gasteiger charge is -2.11. The number of pyridine rings is 1. The van der Waals surface area contributed by atoms with Gasteiger partial charge in [-0.25, -0.2) is 4.68 Å². The number of nitrogens with zero attached hydrogens (tertiary/aromatic N) is 4. The minimum Gasteiger partial charge on any atom is -0.342 e. The molecule has 0 unspecified atom stereocenters. The smallest absolute Gasteiger partial charge is 0.252 e. The Hall–Kier alpha value is -4.00. The summed E-state index contributed by atoms with van der Waals surface area (Å²) in [5, 5.41) is 11.4. The van der Waals surface area contributed by atoms with E-state index in [1.54, 1.807) is 0 Å². The molecule has 3 fully saturated rings. The third kappa shape index (κ3) is 3.12. The quantitative estimate of drug-likeness (QED) is 0.376. The lowest BCUT2D eigenvalue weighted by atomic mass is 9.98. The second-order valence-corrected chi connectivity index (χ2v) is 11.2. The number of benzene rings is 2. The van der Waals surface area contributed by atoms with E-state index in [0.717, 1.165) is 46.7 Å². The van der Waals surface area contributed by atoms with Crippen LogP contribution in [0.5, 0.6) is 0 Å². The SMILES string of the molecule is CCn1nc(-c2ccc(-c3ccc(C45CC4C5)nc3)c(C)c2)nc1Nc1ccc2c(c1)C1(CC1)NC2=O. The Morgan fingerprint density at radius 1 is 1.05 bits per heavy atom. The molecule has 1 spiro atoms. The predicted octanol–water partition coefficient (Wildman–Crippen LogP) is 5.47. The summed E-state index contributed by atoms with van der Waals surface area (Å²) in [6, 6.07) is 16.8. The summed E-state index contributed by atoms with van der Waals surface area (Å²) >= 11 is 0. The maximum Gasteiger partial charge on any atom is 0.252 e. The second kappa shape index (κ2) is 7.06. The van der Waals surface area contributed by atoms with Crippen molar-refractivity contribution in [2.45, 2.75) is 57.0 Å². The number of carbonyl (C=O) groups is 1. The first kappa shape index (κ1) is 21.1. The van der Waals surface area contributed by atoms with Gasteiger partial charge in [0.1, 0.15) is 0 Å². The molecule has 7 heteroatoms. The Labute approximate surface area is 215 Å². The van der Waals surface area contributed by atoms with Gasteiger partial charge in [0.25, 0.3) is 5.91 Å². The molecule has 7 nitrogen and oxygen atoms in total. The van der Waals surface area contributed by atoms with Crippen molar-refractivity contribution in [3.8, 4) is 22.5 Å². The van der Waals surface area contributed by atoms with Crippen molar-refractivity contribution in [3.05, 3.63) is 77.1 Å². The van der Waals surface area contributed by atoms with Crippen LogP contribution in [0.1, 0.15) is 59.8 Å². The molecule has 0 saturated heterocycles. The van der Waals surface area contributed by atoms with Crippen LogP contribution in [0, 0.1) is 12.8 Å². The normalized spacial score (nSPS) is 23.4. The van der Waals surface area contributed by atoms with E-state index >= 15 is 0 Å². The minimum atomic E-state index is -0.152. The van der Waals surface area contributed by atoms with E-state index < -0.39 is 0 Å². The van der Waals surface area contributed by atoms with Crippen LogP contribution < -0.4 is 10.6 Å². The summed E-state index contributed by atoms with van der Waals surface area (Å²) < 4.78 is 1.88. The molecule has 2 aromatic heterocycles. The number of rotatable bonds is 6. The first-order valence-corrected chi connectivity index (χ1v) is 13.2. The molecule has 2 aromatic carbocycles. The summed E-state index contributed by atoms with van der Waals surface area (Å²) in [6.07, 6.45) is 6.68. The van der Waals surface area contributed by atoms with Crippen LogP contribution in [0.15, 0.2) is 54.7 Å². The van der Waals surface area contributed by atoms with E-state index in [2.05, 4.69) is 60.9 Å². The minimum absolute atomic E-state index is 0.0304. The van der Waals surface area contributed by atoms with Gasteiger partial charge in [0.05, 0.1) is 5.54 Å². The summed E-state index contributed by atoms with van der Waals surface area (Å²) in [6.45, 7) is 4.89. The van der Waals surface area contributed by atoms with E-state index in [1.807, 2.05) is 23.0 Å². The van der Waals surface area contributed by atoms with Crippen LogP contribution in [-0.2, 0) is 17.5 Å². The topological polar surface area (TPSA) is 84.7 Å². The van der Waals surface area contributed by atoms with Crippen molar-refractivity contribution in [1.29, 1.82) is 0 Å². The zero-order chi connectivity index (χ0) is 24.9. The van der Waals surface area contributed by atoms with Gasteiger partial charge in [0.2, 0.25) is 5.95 Å². The van der Waals surface area contributed by atoms with Gasteiger partial charge in [-0.05, 0) is 92.5 Å². The fraction of sp³-hybridized carbons (Fsp3) is 0.333. The molecule has 3 saturated carbocycles. The van der Waals surface area contributed by atoms with Gasteiger partial charge in [-0.15, -0.1) is 5.10 Å². The van der Waals surface area contributed by atoms with Gasteiger partial charge in [-0.1, -0.05) is 18.2 Å². The molecule has 2 N–H and O–H groups in total. The first-order chi connectivity index (χ1) is 18.0. The van der Waals surface area contributed by atoms with Gasteiger partial charge < -0.3 is 10.6 Å². The van der Waals surface area contributed by atoms with Crippen LogP contribution in [0.4, 0.5) is 11.6 Å². The number of amides is 1. The number of aromatic nitrogens is 4. The Kier molecular flexibility index (Phi) is 4.03. The zero-order valence-corrected chi connectivity index (χ0v) is 21.0. The van der Waals surface area contributed by atoms with Gasteiger partial charge >= 0.3 is 0 Å². The Balaban J connectivity index is 1.07. The molecule has 8 rings (SSSR count). The highest BCUT2D eigenvalue weighted by Gasteiger charge is 2.71. The summed E-state index contributed by atoms with van der Waals surface area (Å²) in [5.41, 5.74) is 8.85. The maximum atomic E-state index is 12.3. The lowest BCUT2D eigenvalue weighted by molar-refractivity contribution is 0.0952. The van der Waals surface area contributed by atoms with Crippen molar-refractivity contribution in [1.82, 2.24) is 25.1 Å². The van der Waals surface area contributed by atoms with Crippen molar-refractivity contribution < 1.29 is 4.79 Å². The van der Waals surface area contributed by atoms with Crippen LogP contribution in [-0.4, -0.2) is 25.7 Å². The monoisotopic (exact) mass is 488 g/mol. The van der Waals surface area contributed by atoms with Gasteiger partial charge in [-0.2, -0.15) is 4.98 Å². The van der Waals surface area contributed by atoms with Crippen LogP contribution in [0.25, 0.3) is 22.5 Å². The number of fused-ring (bicyclic) bond motifs is 3. The highest BCUT2D eigenvalue weighted by Crippen LogP contribution is 2.75. The first-order valence-electron chi connectivity index (χ1n) is 13.2. The molecule has 1 amide bonds. The summed E-state index contributed by atoms with van der Waals surface area (Å²) in [7, 11) is 0. The van der Waals surface area contributed by atoms with E-state index in [0.29, 0.717) is 23.7 Å². The van der Waals surface area contributed by atoms with Crippen LogP contribution >= 0.6 is 0 Å². The Bertz CT molecular complexity index is 1610. The third-order valence-corrected chi connectivity index (χ3v) is 8.86. The van der Waals surface area contributed by atoms with Gasteiger partial charge in [-0.3, -0.25) is 9.78 Å². The Morgan fingerprint density at radius 2 is 1.84 bits per heavy atom. The number of aryl methyl sites for hydroxylation is 2. The molecule has 0 atom stereocenters. The highest BCUT2D eigenvalue weighted by atomic mass is 16.2. The van der Waals surface area contributed by atoms with Gasteiger partial charge in [0, 0.05) is 46.2 Å². The third-order valence-electron chi connectivity index (χ3n) is 8.86. The second-order valence-electron chi connectivity index (χ2n) is 11.2. The van der Waals surface area contributed by atoms with E-state index in [1.165, 1.54) is 29.7 Å². The molecular weight excluding hydrogens is 460 g/mol. The zero-order valence-electron chi connectivity index (χ0n) is 21.0. The van der Waals surface area contributed by atoms with Crippen molar-refractivity contribution in [3.63, 3.8) is 0 Å². The number of carbonyl (C=O) groups excluding carboxylic acids is 1. The maximum absolute atomic E-state index is 12.3. The summed E-state index contributed by atoms with van der Waals surface area (Å²) in [5.74, 6) is 2.32. The molecule has 1 aliphatic heterocycles. The number of hydrogen-bond acceptors (Lipinski definition) is 5. The lowest BCUT2D eigenvalue weighted by Crippen LogP contribution is -2.25. The number of anilines is 2. The molecule has 0 radical (unpaired) electrons. The van der Waals surface area contributed by atoms with E-state index in [-0.39, 0.29) is 11.4 Å². The van der Waals surface area contributed by atoms with Crippen LogP contribution in [0.3, 0.4) is 0 Å². The molecule has 4 aromatic rings. The average Bonchev–Trinajstić information content (AvgIpc) is 3.83. The van der Waals surface area contributed by atoms with Crippen molar-refractivity contribution >= 4 is 17.5 Å². The predicted molar refractivity (Wildman–Crippen MR) is 142 cm³/mol. The summed E-state index contributed by atoms with van der Waals surface area (Å²) in [4.78, 5) is 21.9. The van der Waals surface area contributed by atoms with Crippen molar-refractivity contribution in [2.75, 3.05) is 5.32 Å².